The molecule has 7 heteroatoms. The Balaban J connectivity index is 2.03. The van der Waals surface area contributed by atoms with Crippen LogP contribution in [0.15, 0.2) is 6.33 Å². The molecular formula is C13H21N7. The van der Waals surface area contributed by atoms with E-state index in [1.165, 1.54) is 0 Å². The average molecular weight is 275 g/mol. The largest absolute Gasteiger partial charge is 0.383 e. The molecule has 108 valence electrons. The van der Waals surface area contributed by atoms with Crippen LogP contribution in [0.5, 0.6) is 0 Å². The number of rotatable bonds is 6. The van der Waals surface area contributed by atoms with Crippen LogP contribution in [0.2, 0.25) is 0 Å². The normalized spacial score (nSPS) is 10.8. The molecule has 2 heterocycles. The Morgan fingerprint density at radius 1 is 1.30 bits per heavy atom. The van der Waals surface area contributed by atoms with Crippen molar-refractivity contribution in [1.82, 2.24) is 24.7 Å². The standard InChI is InChI=1S/C13H21N7/c1-4-5-10-17-12(14)9(2)13(18-10)15-7-6-11-19-16-8-20(11)3/h8H,4-7H2,1-3H3,(H3,14,15,17,18). The molecule has 20 heavy (non-hydrogen) atoms. The number of nitrogen functional groups attached to an aromatic ring is 1. The van der Waals surface area contributed by atoms with Crippen LogP contribution in [0.1, 0.15) is 30.6 Å². The fourth-order valence-corrected chi connectivity index (χ4v) is 1.92. The molecule has 0 unspecified atom stereocenters. The van der Waals surface area contributed by atoms with Crippen LogP contribution < -0.4 is 11.1 Å². The number of nitrogens with one attached hydrogen (secondary N) is 1. The minimum Gasteiger partial charge on any atom is -0.383 e. The van der Waals surface area contributed by atoms with Crippen molar-refractivity contribution in [3.63, 3.8) is 0 Å². The van der Waals surface area contributed by atoms with E-state index in [4.69, 9.17) is 5.73 Å². The maximum atomic E-state index is 5.92. The molecular weight excluding hydrogens is 254 g/mol. The predicted octanol–water partition coefficient (Wildman–Crippen LogP) is 1.10. The quantitative estimate of drug-likeness (QED) is 0.820. The fraction of sp³-hybridized carbons (Fsp3) is 0.538. The molecule has 2 aromatic rings. The molecule has 2 aromatic heterocycles. The van der Waals surface area contributed by atoms with Gasteiger partial charge < -0.3 is 15.6 Å². The first-order valence-corrected chi connectivity index (χ1v) is 6.81. The molecule has 0 bridgehead atoms. The highest BCUT2D eigenvalue weighted by Crippen LogP contribution is 2.17. The third-order valence-electron chi connectivity index (χ3n) is 3.15. The van der Waals surface area contributed by atoms with E-state index in [1.807, 2.05) is 18.5 Å². The van der Waals surface area contributed by atoms with Gasteiger partial charge in [0, 0.05) is 32.0 Å². The van der Waals surface area contributed by atoms with E-state index < -0.39 is 0 Å². The Bertz CT molecular complexity index is 576. The van der Waals surface area contributed by atoms with Crippen LogP contribution >= 0.6 is 0 Å². The summed E-state index contributed by atoms with van der Waals surface area (Å²) in [5.74, 6) is 3.08. The third-order valence-corrected chi connectivity index (χ3v) is 3.15. The van der Waals surface area contributed by atoms with Gasteiger partial charge in [0.1, 0.15) is 29.6 Å². The molecule has 0 saturated carbocycles. The SMILES string of the molecule is CCCc1nc(N)c(C)c(NCCc2nncn2C)n1. The number of nitrogens with zero attached hydrogens (tertiary/aromatic N) is 5. The average Bonchev–Trinajstić information content (AvgIpc) is 2.81. The fourth-order valence-electron chi connectivity index (χ4n) is 1.92. The summed E-state index contributed by atoms with van der Waals surface area (Å²) in [5, 5.41) is 11.2. The monoisotopic (exact) mass is 275 g/mol. The molecule has 0 aromatic carbocycles. The molecule has 2 rings (SSSR count). The Morgan fingerprint density at radius 2 is 2.10 bits per heavy atom. The zero-order valence-electron chi connectivity index (χ0n) is 12.2. The lowest BCUT2D eigenvalue weighted by Crippen LogP contribution is -2.13. The smallest absolute Gasteiger partial charge is 0.134 e. The number of hydrogen-bond acceptors (Lipinski definition) is 6. The molecule has 0 aliphatic heterocycles. The van der Waals surface area contributed by atoms with Crippen LogP contribution in [0, 0.1) is 6.92 Å². The van der Waals surface area contributed by atoms with E-state index >= 15 is 0 Å². The van der Waals surface area contributed by atoms with Gasteiger partial charge in [-0.2, -0.15) is 0 Å². The van der Waals surface area contributed by atoms with Crippen molar-refractivity contribution < 1.29 is 0 Å². The van der Waals surface area contributed by atoms with E-state index in [1.54, 1.807) is 6.33 Å². The molecule has 0 fully saturated rings. The summed E-state index contributed by atoms with van der Waals surface area (Å²) < 4.78 is 1.91. The number of aryl methyl sites for hydroxylation is 2. The Hall–Kier alpha value is -2.18. The first-order valence-electron chi connectivity index (χ1n) is 6.81. The highest BCUT2D eigenvalue weighted by Gasteiger charge is 2.08. The van der Waals surface area contributed by atoms with Crippen molar-refractivity contribution in [2.24, 2.45) is 7.05 Å². The molecule has 0 aliphatic rings. The topological polar surface area (TPSA) is 94.5 Å². The second-order valence-corrected chi connectivity index (χ2v) is 4.78. The van der Waals surface area contributed by atoms with E-state index in [9.17, 15) is 0 Å². The van der Waals surface area contributed by atoms with Crippen molar-refractivity contribution in [3.8, 4) is 0 Å². The lowest BCUT2D eigenvalue weighted by Gasteiger charge is -2.11. The van der Waals surface area contributed by atoms with Gasteiger partial charge >= 0.3 is 0 Å². The Morgan fingerprint density at radius 3 is 2.75 bits per heavy atom. The van der Waals surface area contributed by atoms with Crippen LogP contribution in [-0.4, -0.2) is 31.3 Å². The van der Waals surface area contributed by atoms with Crippen LogP contribution in [-0.2, 0) is 19.9 Å². The van der Waals surface area contributed by atoms with Crippen molar-refractivity contribution in [3.05, 3.63) is 23.5 Å². The molecule has 0 saturated heterocycles. The summed E-state index contributed by atoms with van der Waals surface area (Å²) in [7, 11) is 1.93. The first-order chi connectivity index (χ1) is 9.61. The predicted molar refractivity (Wildman–Crippen MR) is 78.4 cm³/mol. The van der Waals surface area contributed by atoms with E-state index in [0.29, 0.717) is 5.82 Å². The van der Waals surface area contributed by atoms with Gasteiger partial charge in [0.2, 0.25) is 0 Å². The highest BCUT2D eigenvalue weighted by atomic mass is 15.2. The van der Waals surface area contributed by atoms with E-state index in [2.05, 4.69) is 32.4 Å². The lowest BCUT2D eigenvalue weighted by atomic mass is 10.2. The van der Waals surface area contributed by atoms with Crippen LogP contribution in [0.3, 0.4) is 0 Å². The molecule has 7 nitrogen and oxygen atoms in total. The van der Waals surface area contributed by atoms with E-state index in [0.717, 1.165) is 48.8 Å². The summed E-state index contributed by atoms with van der Waals surface area (Å²) in [4.78, 5) is 8.81. The summed E-state index contributed by atoms with van der Waals surface area (Å²) in [6.45, 7) is 4.76. The van der Waals surface area contributed by atoms with Crippen molar-refractivity contribution in [2.75, 3.05) is 17.6 Å². The Kier molecular flexibility index (Phi) is 4.49. The zero-order valence-corrected chi connectivity index (χ0v) is 12.2. The van der Waals surface area contributed by atoms with Crippen molar-refractivity contribution in [2.45, 2.75) is 33.1 Å². The van der Waals surface area contributed by atoms with Gasteiger partial charge in [-0.25, -0.2) is 9.97 Å². The van der Waals surface area contributed by atoms with Gasteiger partial charge in [0.25, 0.3) is 0 Å². The summed E-state index contributed by atoms with van der Waals surface area (Å²) in [5.41, 5.74) is 6.82. The van der Waals surface area contributed by atoms with Gasteiger partial charge in [-0.15, -0.1) is 10.2 Å². The molecule has 0 aliphatic carbocycles. The zero-order chi connectivity index (χ0) is 14.5. The van der Waals surface area contributed by atoms with Crippen molar-refractivity contribution >= 4 is 11.6 Å². The van der Waals surface area contributed by atoms with E-state index in [-0.39, 0.29) is 0 Å². The molecule has 0 spiro atoms. The minimum atomic E-state index is 0.546. The minimum absolute atomic E-state index is 0.546. The van der Waals surface area contributed by atoms with Gasteiger partial charge in [-0.05, 0) is 13.3 Å². The van der Waals surface area contributed by atoms with Gasteiger partial charge in [0.05, 0.1) is 0 Å². The Labute approximate surface area is 118 Å². The summed E-state index contributed by atoms with van der Waals surface area (Å²) in [6, 6.07) is 0. The van der Waals surface area contributed by atoms with Gasteiger partial charge in [-0.3, -0.25) is 0 Å². The van der Waals surface area contributed by atoms with Crippen molar-refractivity contribution in [1.29, 1.82) is 0 Å². The second kappa shape index (κ2) is 6.31. The lowest BCUT2D eigenvalue weighted by molar-refractivity contribution is 0.784. The number of nitrogens with two attached hydrogens (primary N) is 1. The summed E-state index contributed by atoms with van der Waals surface area (Å²) >= 11 is 0. The van der Waals surface area contributed by atoms with Gasteiger partial charge in [-0.1, -0.05) is 6.92 Å². The van der Waals surface area contributed by atoms with Crippen LogP contribution in [0.25, 0.3) is 0 Å². The molecule has 0 atom stereocenters. The maximum absolute atomic E-state index is 5.92. The molecule has 0 radical (unpaired) electrons. The molecule has 3 N–H and O–H groups in total. The summed E-state index contributed by atoms with van der Waals surface area (Å²) in [6.07, 6.45) is 4.31. The number of aromatic nitrogens is 5. The van der Waals surface area contributed by atoms with Gasteiger partial charge in [0.15, 0.2) is 0 Å². The first kappa shape index (κ1) is 14.2. The molecule has 0 amide bonds. The second-order valence-electron chi connectivity index (χ2n) is 4.78. The number of hydrogen-bond donors (Lipinski definition) is 2. The van der Waals surface area contributed by atoms with Crippen LogP contribution in [0.4, 0.5) is 11.6 Å². The number of anilines is 2. The highest BCUT2D eigenvalue weighted by molar-refractivity contribution is 5.54. The maximum Gasteiger partial charge on any atom is 0.134 e. The third kappa shape index (κ3) is 3.23.